The Kier molecular flexibility index (Phi) is 5.70. The Morgan fingerprint density at radius 3 is 2.15 bits per heavy atom. The van der Waals surface area contributed by atoms with Crippen LogP contribution in [-0.2, 0) is 15.0 Å². The molecule has 0 saturated carbocycles. The number of anilines is 1. The summed E-state index contributed by atoms with van der Waals surface area (Å²) in [6.07, 6.45) is 0. The van der Waals surface area contributed by atoms with Crippen LogP contribution in [0.15, 0.2) is 54.1 Å². The van der Waals surface area contributed by atoms with E-state index >= 15 is 0 Å². The molecule has 2 aromatic carbocycles. The summed E-state index contributed by atoms with van der Waals surface area (Å²) in [6, 6.07) is 12.0. The van der Waals surface area contributed by atoms with Crippen LogP contribution in [-0.4, -0.2) is 21.8 Å². The first-order valence-corrected chi connectivity index (χ1v) is 11.4. The summed E-state index contributed by atoms with van der Waals surface area (Å²) in [6.45, 7) is 10.0. The number of halogens is 1. The number of carbonyl (C=O) groups excluding carboxylic acids is 2. The Labute approximate surface area is 196 Å². The van der Waals surface area contributed by atoms with Crippen molar-refractivity contribution in [3.63, 3.8) is 0 Å². The second kappa shape index (κ2) is 8.23. The van der Waals surface area contributed by atoms with Crippen LogP contribution in [0.1, 0.15) is 54.1 Å². The SMILES string of the molecule is Cc1nc(N2C(=O)C(=O)/C(=C(/O)c3ccc(F)cc3)[C@H]2c2ccc(C(C)(C)C)cc2)sc1C. The van der Waals surface area contributed by atoms with Crippen molar-refractivity contribution in [3.05, 3.63) is 87.2 Å². The second-order valence-electron chi connectivity index (χ2n) is 9.19. The van der Waals surface area contributed by atoms with Gasteiger partial charge >= 0.3 is 5.91 Å². The number of thiazole rings is 1. The minimum atomic E-state index is -0.853. The topological polar surface area (TPSA) is 70.5 Å². The molecule has 1 aliphatic heterocycles. The molecule has 2 heterocycles. The fourth-order valence-corrected chi connectivity index (χ4v) is 4.77. The largest absolute Gasteiger partial charge is 0.507 e. The van der Waals surface area contributed by atoms with E-state index in [-0.39, 0.29) is 22.3 Å². The first-order chi connectivity index (χ1) is 15.5. The lowest BCUT2D eigenvalue weighted by atomic mass is 9.85. The number of ketones is 1. The van der Waals surface area contributed by atoms with Gasteiger partial charge in [0, 0.05) is 10.4 Å². The molecule has 0 unspecified atom stereocenters. The summed E-state index contributed by atoms with van der Waals surface area (Å²) >= 11 is 1.32. The van der Waals surface area contributed by atoms with Gasteiger partial charge in [-0.25, -0.2) is 9.37 Å². The molecule has 0 aliphatic carbocycles. The zero-order valence-corrected chi connectivity index (χ0v) is 20.0. The summed E-state index contributed by atoms with van der Waals surface area (Å²) in [7, 11) is 0. The van der Waals surface area contributed by atoms with Crippen LogP contribution >= 0.6 is 11.3 Å². The molecule has 7 heteroatoms. The molecule has 33 heavy (non-hydrogen) atoms. The number of aromatic nitrogens is 1. The van der Waals surface area contributed by atoms with Gasteiger partial charge in [0.15, 0.2) is 5.13 Å². The Morgan fingerprint density at radius 2 is 1.64 bits per heavy atom. The standard InChI is InChI=1S/C26H25FN2O3S/c1-14-15(2)33-25(28-14)29-21(16-6-10-18(11-7-16)26(3,4)5)20(23(31)24(29)32)22(30)17-8-12-19(27)13-9-17/h6-13,21,30H,1-5H3/b22-20+/t21-/m1/s1. The third kappa shape index (κ3) is 4.09. The third-order valence-electron chi connectivity index (χ3n) is 5.88. The predicted molar refractivity (Wildman–Crippen MR) is 128 cm³/mol. The third-order valence-corrected chi connectivity index (χ3v) is 6.95. The molecule has 3 aromatic rings. The quantitative estimate of drug-likeness (QED) is 0.301. The average Bonchev–Trinajstić information content (AvgIpc) is 3.23. The van der Waals surface area contributed by atoms with Crippen molar-refractivity contribution in [1.82, 2.24) is 4.98 Å². The van der Waals surface area contributed by atoms with Gasteiger partial charge in [-0.05, 0) is 54.7 Å². The van der Waals surface area contributed by atoms with E-state index in [1.807, 2.05) is 38.1 Å². The molecule has 4 rings (SSSR count). The Bertz CT molecular complexity index is 1250. The van der Waals surface area contributed by atoms with Gasteiger partial charge in [-0.15, -0.1) is 11.3 Å². The summed E-state index contributed by atoms with van der Waals surface area (Å²) in [5.41, 5.74) is 2.70. The fraction of sp³-hybridized carbons (Fsp3) is 0.269. The number of aliphatic hydroxyl groups is 1. The molecular weight excluding hydrogens is 439 g/mol. The molecule has 1 fully saturated rings. The van der Waals surface area contributed by atoms with Crippen LogP contribution in [0.5, 0.6) is 0 Å². The summed E-state index contributed by atoms with van der Waals surface area (Å²) in [5.74, 6) is -2.36. The molecule has 1 saturated heterocycles. The maximum Gasteiger partial charge on any atom is 0.301 e. The van der Waals surface area contributed by atoms with Gasteiger partial charge in [-0.1, -0.05) is 45.0 Å². The predicted octanol–water partition coefficient (Wildman–Crippen LogP) is 5.82. The van der Waals surface area contributed by atoms with Gasteiger partial charge in [0.1, 0.15) is 11.6 Å². The normalized spacial score (nSPS) is 18.2. The monoisotopic (exact) mass is 464 g/mol. The number of hydrogen-bond donors (Lipinski definition) is 1. The van der Waals surface area contributed by atoms with Crippen molar-refractivity contribution in [2.75, 3.05) is 4.90 Å². The minimum absolute atomic E-state index is 0.0411. The van der Waals surface area contributed by atoms with Crippen LogP contribution in [0.2, 0.25) is 0 Å². The number of aliphatic hydroxyl groups excluding tert-OH is 1. The number of rotatable bonds is 3. The molecule has 5 nitrogen and oxygen atoms in total. The first-order valence-electron chi connectivity index (χ1n) is 10.6. The minimum Gasteiger partial charge on any atom is -0.507 e. The van der Waals surface area contributed by atoms with E-state index in [0.29, 0.717) is 10.7 Å². The lowest BCUT2D eigenvalue weighted by molar-refractivity contribution is -0.132. The molecule has 0 radical (unpaired) electrons. The van der Waals surface area contributed by atoms with Gasteiger partial charge in [-0.2, -0.15) is 0 Å². The van der Waals surface area contributed by atoms with E-state index < -0.39 is 23.5 Å². The maximum atomic E-state index is 13.4. The molecule has 170 valence electrons. The second-order valence-corrected chi connectivity index (χ2v) is 10.4. The van der Waals surface area contributed by atoms with Crippen molar-refractivity contribution >= 4 is 33.9 Å². The number of carbonyl (C=O) groups is 2. The summed E-state index contributed by atoms with van der Waals surface area (Å²) in [4.78, 5) is 33.1. The van der Waals surface area contributed by atoms with Crippen molar-refractivity contribution in [3.8, 4) is 0 Å². The van der Waals surface area contributed by atoms with Gasteiger partial charge in [0.2, 0.25) is 0 Å². The first kappa shape index (κ1) is 22.9. The van der Waals surface area contributed by atoms with Crippen LogP contribution in [0.3, 0.4) is 0 Å². The molecular formula is C26H25FN2O3S. The van der Waals surface area contributed by atoms with E-state index in [1.165, 1.54) is 40.5 Å². The van der Waals surface area contributed by atoms with E-state index in [1.54, 1.807) is 0 Å². The lowest BCUT2D eigenvalue weighted by Crippen LogP contribution is -2.29. The number of hydrogen-bond acceptors (Lipinski definition) is 5. The number of nitrogens with zero attached hydrogens (tertiary/aromatic N) is 2. The van der Waals surface area contributed by atoms with Crippen LogP contribution in [0.4, 0.5) is 9.52 Å². The van der Waals surface area contributed by atoms with E-state index in [9.17, 15) is 19.1 Å². The van der Waals surface area contributed by atoms with Crippen molar-refractivity contribution < 1.29 is 19.1 Å². The average molecular weight is 465 g/mol. The number of benzene rings is 2. The fourth-order valence-electron chi connectivity index (χ4n) is 3.83. The van der Waals surface area contributed by atoms with Crippen molar-refractivity contribution in [2.24, 2.45) is 0 Å². The molecule has 1 aliphatic rings. The van der Waals surface area contributed by atoms with Crippen LogP contribution in [0, 0.1) is 19.7 Å². The van der Waals surface area contributed by atoms with E-state index in [4.69, 9.17) is 0 Å². The van der Waals surface area contributed by atoms with Gasteiger partial charge in [0.05, 0.1) is 17.3 Å². The Morgan fingerprint density at radius 1 is 1.03 bits per heavy atom. The summed E-state index contributed by atoms with van der Waals surface area (Å²) < 4.78 is 13.4. The van der Waals surface area contributed by atoms with E-state index in [2.05, 4.69) is 25.8 Å². The summed E-state index contributed by atoms with van der Waals surface area (Å²) in [5, 5.41) is 11.5. The van der Waals surface area contributed by atoms with Gasteiger partial charge in [0.25, 0.3) is 5.78 Å². The molecule has 1 amide bonds. The molecule has 1 atom stereocenters. The highest BCUT2D eigenvalue weighted by Gasteiger charge is 2.48. The molecule has 1 N–H and O–H groups in total. The zero-order valence-electron chi connectivity index (χ0n) is 19.1. The Balaban J connectivity index is 1.92. The van der Waals surface area contributed by atoms with Crippen LogP contribution in [0.25, 0.3) is 5.76 Å². The zero-order chi connectivity index (χ0) is 24.1. The molecule has 1 aromatic heterocycles. The highest BCUT2D eigenvalue weighted by atomic mass is 32.1. The van der Waals surface area contributed by atoms with Gasteiger partial charge in [-0.3, -0.25) is 14.5 Å². The Hall–Kier alpha value is -3.32. The maximum absolute atomic E-state index is 13.4. The molecule has 0 spiro atoms. The van der Waals surface area contributed by atoms with Gasteiger partial charge < -0.3 is 5.11 Å². The number of amides is 1. The van der Waals surface area contributed by atoms with Crippen molar-refractivity contribution in [2.45, 2.75) is 46.1 Å². The number of aryl methyl sites for hydroxylation is 2. The van der Waals surface area contributed by atoms with Crippen LogP contribution < -0.4 is 4.90 Å². The molecule has 0 bridgehead atoms. The van der Waals surface area contributed by atoms with Crippen molar-refractivity contribution in [1.29, 1.82) is 0 Å². The van der Waals surface area contributed by atoms with E-state index in [0.717, 1.165) is 16.1 Å². The number of Topliss-reactive ketones (excluding diaryl/α,β-unsaturated/α-hetero) is 1. The highest BCUT2D eigenvalue weighted by Crippen LogP contribution is 2.44. The smallest absolute Gasteiger partial charge is 0.301 e. The highest BCUT2D eigenvalue weighted by molar-refractivity contribution is 7.16. The lowest BCUT2D eigenvalue weighted by Gasteiger charge is -2.24.